The topological polar surface area (TPSA) is 64.9 Å². The van der Waals surface area contributed by atoms with Crippen LogP contribution in [0.2, 0.25) is 0 Å². The van der Waals surface area contributed by atoms with Crippen molar-refractivity contribution in [2.75, 3.05) is 5.75 Å². The van der Waals surface area contributed by atoms with Crippen molar-refractivity contribution in [2.45, 2.75) is 31.5 Å². The molecule has 5 heteroatoms. The average Bonchev–Trinajstić information content (AvgIpc) is 2.82. The summed E-state index contributed by atoms with van der Waals surface area (Å²) in [4.78, 5) is 0. The first kappa shape index (κ1) is 13.1. The van der Waals surface area contributed by atoms with Crippen LogP contribution in [-0.4, -0.2) is 16.0 Å². The van der Waals surface area contributed by atoms with Crippen LogP contribution in [0.25, 0.3) is 0 Å². The third kappa shape index (κ3) is 3.34. The molecule has 0 fully saturated rings. The molecule has 0 radical (unpaired) electrons. The first-order valence-electron chi connectivity index (χ1n) is 5.96. The maximum atomic E-state index is 6.13. The highest BCUT2D eigenvalue weighted by Crippen LogP contribution is 2.22. The van der Waals surface area contributed by atoms with Crippen LogP contribution in [0.1, 0.15) is 30.0 Å². The lowest BCUT2D eigenvalue weighted by Crippen LogP contribution is -2.12. The largest absolute Gasteiger partial charge is 0.416 e. The molecular formula is C13H17N3OS. The van der Waals surface area contributed by atoms with Gasteiger partial charge in [-0.25, -0.2) is 0 Å². The van der Waals surface area contributed by atoms with E-state index < -0.39 is 0 Å². The maximum absolute atomic E-state index is 6.13. The van der Waals surface area contributed by atoms with Gasteiger partial charge in [-0.2, -0.15) is 0 Å². The molecule has 0 amide bonds. The van der Waals surface area contributed by atoms with Crippen LogP contribution in [0.5, 0.6) is 0 Å². The molecular weight excluding hydrogens is 246 g/mol. The molecule has 1 unspecified atom stereocenters. The zero-order valence-corrected chi connectivity index (χ0v) is 11.4. The van der Waals surface area contributed by atoms with E-state index in [1.54, 1.807) is 6.92 Å². The van der Waals surface area contributed by atoms with Crippen molar-refractivity contribution < 1.29 is 4.42 Å². The van der Waals surface area contributed by atoms with Gasteiger partial charge in [-0.05, 0) is 17.5 Å². The van der Waals surface area contributed by atoms with Gasteiger partial charge in [0.1, 0.15) is 0 Å². The Bertz CT molecular complexity index is 495. The van der Waals surface area contributed by atoms with Crippen LogP contribution in [0, 0.1) is 6.92 Å². The van der Waals surface area contributed by atoms with Crippen LogP contribution in [-0.2, 0) is 6.42 Å². The fraction of sp³-hybridized carbons (Fsp3) is 0.385. The van der Waals surface area contributed by atoms with E-state index in [1.165, 1.54) is 17.3 Å². The molecule has 0 saturated heterocycles. The van der Waals surface area contributed by atoms with Gasteiger partial charge in [0.2, 0.25) is 5.89 Å². The molecule has 2 N–H and O–H groups in total. The van der Waals surface area contributed by atoms with Gasteiger partial charge < -0.3 is 10.2 Å². The van der Waals surface area contributed by atoms with E-state index in [1.807, 2.05) is 0 Å². The zero-order chi connectivity index (χ0) is 13.0. The van der Waals surface area contributed by atoms with Crippen molar-refractivity contribution in [2.24, 2.45) is 5.73 Å². The molecule has 2 rings (SSSR count). The third-order valence-corrected chi connectivity index (χ3v) is 3.65. The minimum absolute atomic E-state index is 0.0203. The summed E-state index contributed by atoms with van der Waals surface area (Å²) in [5.74, 6) is 1.31. The van der Waals surface area contributed by atoms with Crippen LogP contribution in [0.15, 0.2) is 33.9 Å². The van der Waals surface area contributed by atoms with Gasteiger partial charge in [0, 0.05) is 18.7 Å². The van der Waals surface area contributed by atoms with E-state index in [0.717, 1.165) is 17.7 Å². The molecule has 1 aromatic heterocycles. The van der Waals surface area contributed by atoms with Crippen molar-refractivity contribution in [3.05, 3.63) is 41.3 Å². The number of nitrogens with zero attached hydrogens (tertiary/aromatic N) is 2. The molecule has 18 heavy (non-hydrogen) atoms. The van der Waals surface area contributed by atoms with Gasteiger partial charge in [0.15, 0.2) is 0 Å². The fourth-order valence-electron chi connectivity index (χ4n) is 1.59. The smallest absolute Gasteiger partial charge is 0.276 e. The molecule has 0 aliphatic rings. The molecule has 1 aromatic carbocycles. The average molecular weight is 263 g/mol. The number of rotatable bonds is 5. The molecule has 0 spiro atoms. The van der Waals surface area contributed by atoms with Crippen molar-refractivity contribution >= 4 is 11.8 Å². The third-order valence-electron chi connectivity index (χ3n) is 2.71. The van der Waals surface area contributed by atoms with Gasteiger partial charge in [0.25, 0.3) is 5.22 Å². The summed E-state index contributed by atoms with van der Waals surface area (Å²) in [5.41, 5.74) is 8.59. The van der Waals surface area contributed by atoms with Gasteiger partial charge in [-0.15, -0.1) is 10.2 Å². The number of nitrogens with two attached hydrogens (primary N) is 1. The Hall–Kier alpha value is -1.33. The van der Waals surface area contributed by atoms with Gasteiger partial charge >= 0.3 is 0 Å². The Balaban J connectivity index is 1.92. The molecule has 1 heterocycles. The van der Waals surface area contributed by atoms with E-state index in [4.69, 9.17) is 10.2 Å². The maximum Gasteiger partial charge on any atom is 0.276 e. The summed E-state index contributed by atoms with van der Waals surface area (Å²) in [6.07, 6.45) is 1.05. The zero-order valence-electron chi connectivity index (χ0n) is 10.6. The quantitative estimate of drug-likeness (QED) is 0.840. The Morgan fingerprint density at radius 2 is 2.00 bits per heavy atom. The van der Waals surface area contributed by atoms with E-state index in [2.05, 4.69) is 41.4 Å². The fourth-order valence-corrected chi connectivity index (χ4v) is 2.39. The van der Waals surface area contributed by atoms with E-state index in [-0.39, 0.29) is 6.04 Å². The predicted octanol–water partition coefficient (Wildman–Crippen LogP) is 2.73. The van der Waals surface area contributed by atoms with Crippen molar-refractivity contribution in [1.29, 1.82) is 0 Å². The van der Waals surface area contributed by atoms with Crippen LogP contribution in [0.3, 0.4) is 0 Å². The predicted molar refractivity (Wildman–Crippen MR) is 72.5 cm³/mol. The SMILES string of the molecule is CCc1ccc(C(N)CSc2nnc(C)o2)cc1. The molecule has 96 valence electrons. The normalized spacial score (nSPS) is 12.6. The monoisotopic (exact) mass is 263 g/mol. The summed E-state index contributed by atoms with van der Waals surface area (Å²) in [6, 6.07) is 8.40. The summed E-state index contributed by atoms with van der Waals surface area (Å²) in [7, 11) is 0. The van der Waals surface area contributed by atoms with Crippen LogP contribution < -0.4 is 5.73 Å². The number of aromatic nitrogens is 2. The Morgan fingerprint density at radius 1 is 1.28 bits per heavy atom. The lowest BCUT2D eigenvalue weighted by atomic mass is 10.1. The van der Waals surface area contributed by atoms with E-state index in [9.17, 15) is 0 Å². The summed E-state index contributed by atoms with van der Waals surface area (Å²) >= 11 is 1.49. The highest BCUT2D eigenvalue weighted by atomic mass is 32.2. The summed E-state index contributed by atoms with van der Waals surface area (Å²) in [5, 5.41) is 8.29. The number of hydrogen-bond acceptors (Lipinski definition) is 5. The Labute approximate surface area is 111 Å². The number of aryl methyl sites for hydroxylation is 2. The first-order valence-corrected chi connectivity index (χ1v) is 6.95. The Kier molecular flexibility index (Phi) is 4.38. The van der Waals surface area contributed by atoms with Crippen molar-refractivity contribution in [1.82, 2.24) is 10.2 Å². The second kappa shape index (κ2) is 6.02. The minimum atomic E-state index is -0.0203. The van der Waals surface area contributed by atoms with Crippen LogP contribution in [0.4, 0.5) is 0 Å². The number of hydrogen-bond donors (Lipinski definition) is 1. The van der Waals surface area contributed by atoms with Gasteiger partial charge in [-0.3, -0.25) is 0 Å². The number of benzene rings is 1. The van der Waals surface area contributed by atoms with Crippen molar-refractivity contribution in [3.63, 3.8) is 0 Å². The van der Waals surface area contributed by atoms with E-state index in [0.29, 0.717) is 11.1 Å². The number of thioether (sulfide) groups is 1. The van der Waals surface area contributed by atoms with Crippen molar-refractivity contribution in [3.8, 4) is 0 Å². The molecule has 0 saturated carbocycles. The molecule has 4 nitrogen and oxygen atoms in total. The second-order valence-electron chi connectivity index (χ2n) is 4.10. The lowest BCUT2D eigenvalue weighted by Gasteiger charge is -2.10. The van der Waals surface area contributed by atoms with Gasteiger partial charge in [0.05, 0.1) is 0 Å². The highest BCUT2D eigenvalue weighted by molar-refractivity contribution is 7.99. The molecule has 0 bridgehead atoms. The Morgan fingerprint density at radius 3 is 2.56 bits per heavy atom. The van der Waals surface area contributed by atoms with Gasteiger partial charge in [-0.1, -0.05) is 43.0 Å². The van der Waals surface area contributed by atoms with Crippen LogP contribution >= 0.6 is 11.8 Å². The summed E-state index contributed by atoms with van der Waals surface area (Å²) < 4.78 is 5.29. The lowest BCUT2D eigenvalue weighted by molar-refractivity contribution is 0.429. The molecule has 1 atom stereocenters. The highest BCUT2D eigenvalue weighted by Gasteiger charge is 2.09. The second-order valence-corrected chi connectivity index (χ2v) is 5.07. The standard InChI is InChI=1S/C13H17N3OS/c1-3-10-4-6-11(7-5-10)12(14)8-18-13-16-15-9(2)17-13/h4-7,12H,3,8,14H2,1-2H3. The molecule has 0 aliphatic carbocycles. The summed E-state index contributed by atoms with van der Waals surface area (Å²) in [6.45, 7) is 3.92. The molecule has 2 aromatic rings. The van der Waals surface area contributed by atoms with E-state index >= 15 is 0 Å². The first-order chi connectivity index (χ1) is 8.69. The minimum Gasteiger partial charge on any atom is -0.416 e. The molecule has 0 aliphatic heterocycles.